The second-order valence-electron chi connectivity index (χ2n) is 5.72. The molecule has 0 aromatic heterocycles. The molecular formula is C16H22FN3O. The topological polar surface area (TPSA) is 39.5 Å². The normalized spacial score (nSPS) is 22.8. The molecule has 0 saturated carbocycles. The first kappa shape index (κ1) is 15.7. The lowest BCUT2D eigenvalue weighted by molar-refractivity contribution is -0.0670. The smallest absolute Gasteiger partial charge is 0.147 e. The van der Waals surface area contributed by atoms with Crippen LogP contribution in [0.4, 0.5) is 10.1 Å². The maximum Gasteiger partial charge on any atom is 0.147 e. The number of hydrogen-bond donors (Lipinski definition) is 0. The molecule has 0 amide bonds. The van der Waals surface area contributed by atoms with Crippen LogP contribution in [0, 0.1) is 17.1 Å². The molecule has 0 aliphatic carbocycles. The van der Waals surface area contributed by atoms with E-state index >= 15 is 0 Å². The van der Waals surface area contributed by atoms with Crippen molar-refractivity contribution < 1.29 is 9.13 Å². The average molecular weight is 291 g/mol. The van der Waals surface area contributed by atoms with Gasteiger partial charge in [0, 0.05) is 33.2 Å². The quantitative estimate of drug-likeness (QED) is 0.853. The number of morpholine rings is 1. The standard InChI is InChI=1S/C16H22FN3O/c1-12-10-20(11-13(2)21-12)7-6-19(3)16-5-4-14(9-18)8-15(16)17/h4-5,8,12-13H,6-7,10-11H2,1-3H3/t12-,13+. The van der Waals surface area contributed by atoms with Crippen molar-refractivity contribution in [2.24, 2.45) is 0 Å². The number of likely N-dealkylation sites (N-methyl/N-ethyl adjacent to an activating group) is 1. The van der Waals surface area contributed by atoms with Crippen LogP contribution in [0.1, 0.15) is 19.4 Å². The van der Waals surface area contributed by atoms with Crippen LogP contribution in [-0.2, 0) is 4.74 Å². The van der Waals surface area contributed by atoms with Crippen LogP contribution in [0.15, 0.2) is 18.2 Å². The molecule has 1 aromatic rings. The van der Waals surface area contributed by atoms with Crippen LogP contribution in [0.2, 0.25) is 0 Å². The molecule has 1 aliphatic rings. The predicted molar refractivity (Wildman–Crippen MR) is 80.8 cm³/mol. The Morgan fingerprint density at radius 3 is 2.62 bits per heavy atom. The summed E-state index contributed by atoms with van der Waals surface area (Å²) in [5, 5.41) is 8.77. The molecule has 0 radical (unpaired) electrons. The Labute approximate surface area is 125 Å². The van der Waals surface area contributed by atoms with E-state index in [0.29, 0.717) is 11.3 Å². The molecule has 1 aliphatic heterocycles. The summed E-state index contributed by atoms with van der Waals surface area (Å²) in [6.07, 6.45) is 0.483. The van der Waals surface area contributed by atoms with Crippen molar-refractivity contribution in [2.45, 2.75) is 26.1 Å². The third-order valence-corrected chi connectivity index (χ3v) is 3.73. The van der Waals surface area contributed by atoms with Gasteiger partial charge in [0.2, 0.25) is 0 Å². The lowest BCUT2D eigenvalue weighted by Gasteiger charge is -2.36. The first-order chi connectivity index (χ1) is 9.99. The Bertz CT molecular complexity index is 519. The second kappa shape index (κ2) is 6.88. The van der Waals surface area contributed by atoms with Gasteiger partial charge in [-0.1, -0.05) is 0 Å². The summed E-state index contributed by atoms with van der Waals surface area (Å²) in [5.41, 5.74) is 0.879. The van der Waals surface area contributed by atoms with Crippen LogP contribution < -0.4 is 4.90 Å². The van der Waals surface area contributed by atoms with Gasteiger partial charge in [0.05, 0.1) is 29.5 Å². The fourth-order valence-electron chi connectivity index (χ4n) is 2.76. The van der Waals surface area contributed by atoms with Crippen molar-refractivity contribution >= 4 is 5.69 Å². The molecular weight excluding hydrogens is 269 g/mol. The van der Waals surface area contributed by atoms with E-state index < -0.39 is 0 Å². The maximum atomic E-state index is 14.0. The van der Waals surface area contributed by atoms with E-state index in [9.17, 15) is 4.39 Å². The van der Waals surface area contributed by atoms with Gasteiger partial charge in [-0.3, -0.25) is 4.90 Å². The molecule has 1 heterocycles. The summed E-state index contributed by atoms with van der Waals surface area (Å²) in [7, 11) is 1.87. The third kappa shape index (κ3) is 4.16. The van der Waals surface area contributed by atoms with Gasteiger partial charge in [0.15, 0.2) is 0 Å². The highest BCUT2D eigenvalue weighted by Crippen LogP contribution is 2.19. The lowest BCUT2D eigenvalue weighted by atomic mass is 10.2. The fraction of sp³-hybridized carbons (Fsp3) is 0.562. The number of ether oxygens (including phenoxy) is 1. The minimum atomic E-state index is -0.347. The summed E-state index contributed by atoms with van der Waals surface area (Å²) in [6.45, 7) is 7.58. The van der Waals surface area contributed by atoms with Crippen LogP contribution in [0.3, 0.4) is 0 Å². The molecule has 0 unspecified atom stereocenters. The maximum absolute atomic E-state index is 14.0. The lowest BCUT2D eigenvalue weighted by Crippen LogP contribution is -2.47. The highest BCUT2D eigenvalue weighted by atomic mass is 19.1. The fourth-order valence-corrected chi connectivity index (χ4v) is 2.76. The molecule has 0 N–H and O–H groups in total. The van der Waals surface area contributed by atoms with Crippen molar-refractivity contribution in [3.63, 3.8) is 0 Å². The van der Waals surface area contributed by atoms with Crippen molar-refractivity contribution in [3.05, 3.63) is 29.6 Å². The van der Waals surface area contributed by atoms with Gasteiger partial charge in [0.25, 0.3) is 0 Å². The second-order valence-corrected chi connectivity index (χ2v) is 5.72. The van der Waals surface area contributed by atoms with Crippen molar-refractivity contribution in [1.29, 1.82) is 5.26 Å². The van der Waals surface area contributed by atoms with Crippen LogP contribution >= 0.6 is 0 Å². The van der Waals surface area contributed by atoms with Gasteiger partial charge >= 0.3 is 0 Å². The van der Waals surface area contributed by atoms with E-state index in [4.69, 9.17) is 10.00 Å². The Balaban J connectivity index is 1.93. The van der Waals surface area contributed by atoms with Crippen LogP contribution in [-0.4, -0.2) is 50.3 Å². The van der Waals surface area contributed by atoms with E-state index in [2.05, 4.69) is 18.7 Å². The highest BCUT2D eigenvalue weighted by molar-refractivity contribution is 5.50. The summed E-state index contributed by atoms with van der Waals surface area (Å²) in [5.74, 6) is -0.347. The molecule has 1 saturated heterocycles. The van der Waals surface area contributed by atoms with E-state index in [0.717, 1.165) is 26.2 Å². The van der Waals surface area contributed by atoms with Crippen molar-refractivity contribution in [2.75, 3.05) is 38.1 Å². The zero-order chi connectivity index (χ0) is 15.4. The average Bonchev–Trinajstić information content (AvgIpc) is 2.43. The van der Waals surface area contributed by atoms with Gasteiger partial charge in [-0.2, -0.15) is 5.26 Å². The SMILES string of the molecule is C[C@@H]1CN(CCN(C)c2ccc(C#N)cc2F)C[C@H](C)O1. The van der Waals surface area contributed by atoms with E-state index in [1.54, 1.807) is 12.1 Å². The summed E-state index contributed by atoms with van der Waals surface area (Å²) >= 11 is 0. The number of hydrogen-bond acceptors (Lipinski definition) is 4. The molecule has 114 valence electrons. The molecule has 1 fully saturated rings. The zero-order valence-electron chi connectivity index (χ0n) is 12.8. The first-order valence-electron chi connectivity index (χ1n) is 7.28. The molecule has 5 heteroatoms. The highest BCUT2D eigenvalue weighted by Gasteiger charge is 2.22. The molecule has 2 rings (SSSR count). The third-order valence-electron chi connectivity index (χ3n) is 3.73. The minimum absolute atomic E-state index is 0.241. The van der Waals surface area contributed by atoms with Gasteiger partial charge in [-0.25, -0.2) is 4.39 Å². The Morgan fingerprint density at radius 2 is 2.05 bits per heavy atom. The van der Waals surface area contributed by atoms with Crippen LogP contribution in [0.25, 0.3) is 0 Å². The Hall–Kier alpha value is -1.64. The van der Waals surface area contributed by atoms with Gasteiger partial charge in [-0.15, -0.1) is 0 Å². The van der Waals surface area contributed by atoms with E-state index in [1.807, 2.05) is 18.0 Å². The number of rotatable bonds is 4. The number of anilines is 1. The van der Waals surface area contributed by atoms with Gasteiger partial charge in [-0.05, 0) is 32.0 Å². The molecule has 2 atom stereocenters. The van der Waals surface area contributed by atoms with E-state index in [1.165, 1.54) is 6.07 Å². The molecule has 4 nitrogen and oxygen atoms in total. The van der Waals surface area contributed by atoms with Crippen molar-refractivity contribution in [1.82, 2.24) is 4.90 Å². The van der Waals surface area contributed by atoms with Gasteiger partial charge < -0.3 is 9.64 Å². The molecule has 1 aromatic carbocycles. The minimum Gasteiger partial charge on any atom is -0.373 e. The zero-order valence-corrected chi connectivity index (χ0v) is 12.8. The Kier molecular flexibility index (Phi) is 5.16. The number of nitriles is 1. The van der Waals surface area contributed by atoms with Gasteiger partial charge in [0.1, 0.15) is 5.82 Å². The summed E-state index contributed by atoms with van der Waals surface area (Å²) in [6, 6.07) is 6.54. The summed E-state index contributed by atoms with van der Waals surface area (Å²) < 4.78 is 19.7. The number of nitrogens with zero attached hydrogens (tertiary/aromatic N) is 3. The van der Waals surface area contributed by atoms with Crippen molar-refractivity contribution in [3.8, 4) is 6.07 Å². The first-order valence-corrected chi connectivity index (χ1v) is 7.28. The monoisotopic (exact) mass is 291 g/mol. The largest absolute Gasteiger partial charge is 0.373 e. The molecule has 0 spiro atoms. The van der Waals surface area contributed by atoms with E-state index in [-0.39, 0.29) is 18.0 Å². The number of benzene rings is 1. The molecule has 0 bridgehead atoms. The number of halogens is 1. The van der Waals surface area contributed by atoms with Crippen LogP contribution in [0.5, 0.6) is 0 Å². The predicted octanol–water partition coefficient (Wildman–Crippen LogP) is 2.24. The summed E-state index contributed by atoms with van der Waals surface area (Å²) in [4.78, 5) is 4.23. The molecule has 21 heavy (non-hydrogen) atoms. The Morgan fingerprint density at radius 1 is 1.38 bits per heavy atom.